The maximum absolute atomic E-state index is 8.80. The third kappa shape index (κ3) is 6.51. The fraction of sp³-hybridized carbons (Fsp3) is 0.333. The summed E-state index contributed by atoms with van der Waals surface area (Å²) in [6.07, 6.45) is 1.79. The number of aliphatic hydroxyl groups is 1. The summed E-state index contributed by atoms with van der Waals surface area (Å²) in [4.78, 5) is 0. The van der Waals surface area contributed by atoms with Gasteiger partial charge in [0.1, 0.15) is 12.4 Å². The van der Waals surface area contributed by atoms with E-state index >= 15 is 0 Å². The second-order valence-electron chi connectivity index (χ2n) is 5.27. The molecule has 0 aromatic heterocycles. The van der Waals surface area contributed by atoms with Crippen LogP contribution in [0.25, 0.3) is 0 Å². The number of hydrogen-bond donors (Lipinski definition) is 2. The average Bonchev–Trinajstić information content (AvgIpc) is 2.55. The fourth-order valence-electron chi connectivity index (χ4n) is 2.15. The zero-order chi connectivity index (χ0) is 16.5. The topological polar surface area (TPSA) is 41.5 Å². The summed E-state index contributed by atoms with van der Waals surface area (Å²) >= 11 is 9.40. The van der Waals surface area contributed by atoms with Gasteiger partial charge in [-0.2, -0.15) is 0 Å². The fourth-order valence-corrected chi connectivity index (χ4v) is 2.69. The second-order valence-corrected chi connectivity index (χ2v) is 6.63. The molecule has 23 heavy (non-hydrogen) atoms. The zero-order valence-corrected chi connectivity index (χ0v) is 15.2. The summed E-state index contributed by atoms with van der Waals surface area (Å²) < 4.78 is 6.98. The Kier molecular flexibility index (Phi) is 7.89. The molecular weight excluding hydrogens is 378 g/mol. The van der Waals surface area contributed by atoms with Gasteiger partial charge in [0, 0.05) is 28.2 Å². The predicted octanol–water partition coefficient (Wildman–Crippen LogP) is 4.54. The number of hydrogen-bond acceptors (Lipinski definition) is 3. The molecule has 2 N–H and O–H groups in total. The molecule has 0 radical (unpaired) electrons. The molecule has 2 aromatic rings. The molecule has 0 saturated carbocycles. The van der Waals surface area contributed by atoms with Crippen LogP contribution in [0.1, 0.15) is 24.0 Å². The number of unbranched alkanes of at least 4 members (excludes halogenated alkanes) is 1. The monoisotopic (exact) mass is 397 g/mol. The summed E-state index contributed by atoms with van der Waals surface area (Å²) in [5.41, 5.74) is 2.19. The molecule has 0 atom stereocenters. The highest BCUT2D eigenvalue weighted by atomic mass is 79.9. The molecule has 0 aliphatic rings. The molecule has 0 saturated heterocycles. The summed E-state index contributed by atoms with van der Waals surface area (Å²) in [6, 6.07) is 13.7. The van der Waals surface area contributed by atoms with Crippen LogP contribution in [0, 0.1) is 0 Å². The Balaban J connectivity index is 1.93. The molecule has 0 heterocycles. The first-order valence-electron chi connectivity index (χ1n) is 7.66. The number of nitrogens with one attached hydrogen (secondary N) is 1. The smallest absolute Gasteiger partial charge is 0.124 e. The predicted molar refractivity (Wildman–Crippen MR) is 98.0 cm³/mol. The zero-order valence-electron chi connectivity index (χ0n) is 12.9. The first-order valence-corrected chi connectivity index (χ1v) is 8.83. The molecule has 0 spiro atoms. The summed E-state index contributed by atoms with van der Waals surface area (Å²) in [6.45, 7) is 2.37. The van der Waals surface area contributed by atoms with Crippen LogP contribution in [-0.2, 0) is 13.2 Å². The molecular formula is C18H21BrClNO2. The van der Waals surface area contributed by atoms with E-state index < -0.39 is 0 Å². The van der Waals surface area contributed by atoms with Crippen LogP contribution in [0.5, 0.6) is 5.75 Å². The maximum Gasteiger partial charge on any atom is 0.124 e. The minimum absolute atomic E-state index is 0.244. The van der Waals surface area contributed by atoms with E-state index in [0.29, 0.717) is 6.61 Å². The van der Waals surface area contributed by atoms with Crippen molar-refractivity contribution in [1.82, 2.24) is 5.32 Å². The minimum atomic E-state index is 0.244. The Labute approximate surface area is 150 Å². The van der Waals surface area contributed by atoms with Gasteiger partial charge in [0.15, 0.2) is 0 Å². The van der Waals surface area contributed by atoms with E-state index in [1.54, 1.807) is 0 Å². The summed E-state index contributed by atoms with van der Waals surface area (Å²) in [5.74, 6) is 0.873. The molecule has 0 unspecified atom stereocenters. The van der Waals surface area contributed by atoms with Gasteiger partial charge in [-0.05, 0) is 55.3 Å². The van der Waals surface area contributed by atoms with Crippen molar-refractivity contribution in [2.24, 2.45) is 0 Å². The van der Waals surface area contributed by atoms with Gasteiger partial charge in [0.05, 0.1) is 0 Å². The molecule has 124 valence electrons. The minimum Gasteiger partial charge on any atom is -0.489 e. The van der Waals surface area contributed by atoms with Crippen molar-refractivity contribution in [1.29, 1.82) is 0 Å². The number of aliphatic hydroxyl groups excluding tert-OH is 1. The third-order valence-corrected chi connectivity index (χ3v) is 4.15. The summed E-state index contributed by atoms with van der Waals surface area (Å²) in [7, 11) is 0. The highest BCUT2D eigenvalue weighted by molar-refractivity contribution is 9.10. The third-order valence-electron chi connectivity index (χ3n) is 3.41. The van der Waals surface area contributed by atoms with E-state index in [1.807, 2.05) is 36.4 Å². The van der Waals surface area contributed by atoms with Crippen molar-refractivity contribution in [2.75, 3.05) is 13.2 Å². The first kappa shape index (κ1) is 18.3. The van der Waals surface area contributed by atoms with Crippen LogP contribution in [0.15, 0.2) is 46.9 Å². The molecule has 0 aliphatic carbocycles. The quantitative estimate of drug-likeness (QED) is 0.609. The van der Waals surface area contributed by atoms with Crippen LogP contribution in [0.4, 0.5) is 0 Å². The van der Waals surface area contributed by atoms with Gasteiger partial charge in [-0.1, -0.05) is 39.7 Å². The number of ether oxygens (including phenoxy) is 1. The Morgan fingerprint density at radius 2 is 1.87 bits per heavy atom. The Hall–Kier alpha value is -1.07. The van der Waals surface area contributed by atoms with Crippen LogP contribution in [0.2, 0.25) is 5.02 Å². The van der Waals surface area contributed by atoms with Crippen LogP contribution >= 0.6 is 27.5 Å². The second kappa shape index (κ2) is 9.93. The van der Waals surface area contributed by atoms with E-state index in [2.05, 4.69) is 27.3 Å². The molecule has 0 fully saturated rings. The Morgan fingerprint density at radius 1 is 1.09 bits per heavy atom. The van der Waals surface area contributed by atoms with Gasteiger partial charge in [-0.3, -0.25) is 0 Å². The number of rotatable bonds is 9. The van der Waals surface area contributed by atoms with Gasteiger partial charge < -0.3 is 15.2 Å². The molecule has 2 rings (SSSR count). The van der Waals surface area contributed by atoms with Crippen LogP contribution in [0.3, 0.4) is 0 Å². The van der Waals surface area contributed by atoms with Crippen molar-refractivity contribution in [3.63, 3.8) is 0 Å². The van der Waals surface area contributed by atoms with Gasteiger partial charge in [0.2, 0.25) is 0 Å². The molecule has 3 nitrogen and oxygen atoms in total. The van der Waals surface area contributed by atoms with E-state index in [1.165, 1.54) is 0 Å². The highest BCUT2D eigenvalue weighted by Gasteiger charge is 2.05. The Morgan fingerprint density at radius 3 is 2.61 bits per heavy atom. The SMILES string of the molecule is OCCCCNCc1cc(Br)ccc1OCc1ccc(Cl)cc1. The lowest BCUT2D eigenvalue weighted by Crippen LogP contribution is -2.15. The van der Waals surface area contributed by atoms with Gasteiger partial charge in [-0.25, -0.2) is 0 Å². The number of benzene rings is 2. The standard InChI is InChI=1S/C18H21BrClNO2/c19-16-5-8-18(15(11-16)12-21-9-1-2-10-22)23-13-14-3-6-17(20)7-4-14/h3-8,11,21-22H,1-2,9-10,12-13H2. The van der Waals surface area contributed by atoms with Crippen molar-refractivity contribution in [2.45, 2.75) is 26.0 Å². The molecule has 0 bridgehead atoms. The van der Waals surface area contributed by atoms with Crippen LogP contribution < -0.4 is 10.1 Å². The molecule has 5 heteroatoms. The average molecular weight is 399 g/mol. The molecule has 0 aliphatic heterocycles. The molecule has 2 aromatic carbocycles. The van der Waals surface area contributed by atoms with E-state index in [4.69, 9.17) is 21.4 Å². The lowest BCUT2D eigenvalue weighted by molar-refractivity contribution is 0.283. The van der Waals surface area contributed by atoms with Crippen molar-refractivity contribution in [3.05, 3.63) is 63.1 Å². The lowest BCUT2D eigenvalue weighted by Gasteiger charge is -2.13. The van der Waals surface area contributed by atoms with E-state index in [9.17, 15) is 0 Å². The van der Waals surface area contributed by atoms with Gasteiger partial charge >= 0.3 is 0 Å². The van der Waals surface area contributed by atoms with Crippen LogP contribution in [-0.4, -0.2) is 18.3 Å². The normalized spacial score (nSPS) is 10.7. The van der Waals surface area contributed by atoms with E-state index in [0.717, 1.165) is 52.3 Å². The largest absolute Gasteiger partial charge is 0.489 e. The Bertz CT molecular complexity index is 604. The van der Waals surface area contributed by atoms with Gasteiger partial charge in [0.25, 0.3) is 0 Å². The van der Waals surface area contributed by atoms with Crippen molar-refractivity contribution < 1.29 is 9.84 Å². The lowest BCUT2D eigenvalue weighted by atomic mass is 10.2. The van der Waals surface area contributed by atoms with Gasteiger partial charge in [-0.15, -0.1) is 0 Å². The highest BCUT2D eigenvalue weighted by Crippen LogP contribution is 2.24. The maximum atomic E-state index is 8.80. The molecule has 0 amide bonds. The number of halogens is 2. The first-order chi connectivity index (χ1) is 11.2. The van der Waals surface area contributed by atoms with Crippen molar-refractivity contribution in [3.8, 4) is 5.75 Å². The van der Waals surface area contributed by atoms with Crippen molar-refractivity contribution >= 4 is 27.5 Å². The van der Waals surface area contributed by atoms with E-state index in [-0.39, 0.29) is 6.61 Å². The summed E-state index contributed by atoms with van der Waals surface area (Å²) in [5, 5.41) is 12.9.